The number of nitrogens with zero attached hydrogens (tertiary/aromatic N) is 2. The van der Waals surface area contributed by atoms with Crippen molar-refractivity contribution in [3.8, 4) is 6.07 Å². The van der Waals surface area contributed by atoms with E-state index in [2.05, 4.69) is 18.0 Å². The predicted octanol–water partition coefficient (Wildman–Crippen LogP) is 2.36. The van der Waals surface area contributed by atoms with Crippen molar-refractivity contribution < 1.29 is 4.74 Å². The van der Waals surface area contributed by atoms with Crippen LogP contribution in [0.3, 0.4) is 0 Å². The Morgan fingerprint density at radius 2 is 2.56 bits per heavy atom. The van der Waals surface area contributed by atoms with Gasteiger partial charge in [-0.15, -0.1) is 0 Å². The fraction of sp³-hybridized carbons (Fsp3) is 0.500. The van der Waals surface area contributed by atoms with Gasteiger partial charge in [0.15, 0.2) is 0 Å². The molecule has 3 nitrogen and oxygen atoms in total. The van der Waals surface area contributed by atoms with Crippen molar-refractivity contribution in [2.75, 3.05) is 6.61 Å². The van der Waals surface area contributed by atoms with Gasteiger partial charge in [-0.25, -0.2) is 4.98 Å². The highest BCUT2D eigenvalue weighted by Crippen LogP contribution is 2.29. The van der Waals surface area contributed by atoms with Gasteiger partial charge < -0.3 is 4.74 Å². The average molecular weight is 234 g/mol. The number of ether oxygens (including phenoxy) is 1. The summed E-state index contributed by atoms with van der Waals surface area (Å²) in [5.74, 6) is 0.842. The molecule has 1 aromatic heterocycles. The number of hydrogen-bond donors (Lipinski definition) is 0. The van der Waals surface area contributed by atoms with Crippen molar-refractivity contribution in [1.82, 2.24) is 4.98 Å². The molecule has 0 spiro atoms. The monoisotopic (exact) mass is 234 g/mol. The Morgan fingerprint density at radius 3 is 3.25 bits per heavy atom. The van der Waals surface area contributed by atoms with E-state index in [0.29, 0.717) is 17.0 Å². The molecule has 16 heavy (non-hydrogen) atoms. The lowest BCUT2D eigenvalue weighted by Crippen LogP contribution is -2.13. The molecule has 2 unspecified atom stereocenters. The van der Waals surface area contributed by atoms with Gasteiger partial charge in [-0.3, -0.25) is 0 Å². The van der Waals surface area contributed by atoms with Gasteiger partial charge >= 0.3 is 0 Å². The largest absolute Gasteiger partial charge is 0.377 e. The fourth-order valence-electron chi connectivity index (χ4n) is 1.78. The zero-order valence-corrected chi connectivity index (χ0v) is 10.0. The molecule has 0 bridgehead atoms. The molecule has 0 aliphatic carbocycles. The van der Waals surface area contributed by atoms with Gasteiger partial charge in [-0.05, 0) is 25.0 Å². The van der Waals surface area contributed by atoms with Crippen LogP contribution in [0.5, 0.6) is 0 Å². The van der Waals surface area contributed by atoms with Gasteiger partial charge in [0.05, 0.1) is 6.10 Å². The van der Waals surface area contributed by atoms with Crippen LogP contribution in [-0.2, 0) is 10.5 Å². The second kappa shape index (κ2) is 5.33. The molecular weight excluding hydrogens is 220 g/mol. The predicted molar refractivity (Wildman–Crippen MR) is 64.1 cm³/mol. The number of rotatable bonds is 3. The van der Waals surface area contributed by atoms with Crippen LogP contribution >= 0.6 is 11.8 Å². The van der Waals surface area contributed by atoms with E-state index in [0.717, 1.165) is 24.3 Å². The fourth-order valence-corrected chi connectivity index (χ4v) is 3.02. The first-order valence-electron chi connectivity index (χ1n) is 5.38. The summed E-state index contributed by atoms with van der Waals surface area (Å²) >= 11 is 1.86. The van der Waals surface area contributed by atoms with Crippen LogP contribution in [0.25, 0.3) is 0 Å². The van der Waals surface area contributed by atoms with Crippen LogP contribution in [0.2, 0.25) is 0 Å². The number of aromatic nitrogens is 1. The van der Waals surface area contributed by atoms with Gasteiger partial charge in [-0.1, -0.05) is 6.07 Å². The van der Waals surface area contributed by atoms with Crippen LogP contribution in [0.4, 0.5) is 0 Å². The highest BCUT2D eigenvalue weighted by molar-refractivity contribution is 7.99. The lowest BCUT2D eigenvalue weighted by atomic mass is 10.2. The van der Waals surface area contributed by atoms with Crippen molar-refractivity contribution in [3.63, 3.8) is 0 Å². The highest BCUT2D eigenvalue weighted by Gasteiger charge is 2.24. The summed E-state index contributed by atoms with van der Waals surface area (Å²) in [7, 11) is 0. The average Bonchev–Trinajstić information content (AvgIpc) is 2.72. The van der Waals surface area contributed by atoms with Gasteiger partial charge in [-0.2, -0.15) is 17.0 Å². The molecule has 1 fully saturated rings. The Labute approximate surface area is 99.8 Å². The van der Waals surface area contributed by atoms with Crippen molar-refractivity contribution in [2.45, 2.75) is 30.5 Å². The quantitative estimate of drug-likeness (QED) is 0.805. The summed E-state index contributed by atoms with van der Waals surface area (Å²) in [4.78, 5) is 4.06. The minimum Gasteiger partial charge on any atom is -0.377 e. The summed E-state index contributed by atoms with van der Waals surface area (Å²) < 4.78 is 5.51. The van der Waals surface area contributed by atoms with Gasteiger partial charge in [0.25, 0.3) is 0 Å². The van der Waals surface area contributed by atoms with E-state index >= 15 is 0 Å². The molecule has 1 aliphatic heterocycles. The molecule has 2 heterocycles. The molecule has 1 saturated heterocycles. The molecule has 4 heteroatoms. The van der Waals surface area contributed by atoms with Crippen LogP contribution in [0.15, 0.2) is 18.3 Å². The van der Waals surface area contributed by atoms with Crippen LogP contribution in [0, 0.1) is 11.3 Å². The first-order chi connectivity index (χ1) is 7.81. The number of nitriles is 1. The van der Waals surface area contributed by atoms with E-state index < -0.39 is 0 Å². The van der Waals surface area contributed by atoms with Crippen LogP contribution < -0.4 is 0 Å². The summed E-state index contributed by atoms with van der Waals surface area (Å²) in [5, 5.41) is 9.46. The summed E-state index contributed by atoms with van der Waals surface area (Å²) in [5.41, 5.74) is 1.57. The normalized spacial score (nSPS) is 24.2. The van der Waals surface area contributed by atoms with E-state index in [4.69, 9.17) is 10.00 Å². The maximum absolute atomic E-state index is 8.92. The Hall–Kier alpha value is -1.05. The standard InChI is InChI=1S/C12H14N2OS/c1-9-12(4-6-15-9)16-8-10-3-2-5-14-11(10)7-13/h2-3,5,9,12H,4,6,8H2,1H3. The zero-order chi connectivity index (χ0) is 11.4. The second-order valence-electron chi connectivity index (χ2n) is 3.84. The highest BCUT2D eigenvalue weighted by atomic mass is 32.2. The first-order valence-corrected chi connectivity index (χ1v) is 6.43. The lowest BCUT2D eigenvalue weighted by Gasteiger charge is -2.13. The molecule has 1 aromatic rings. The molecule has 0 saturated carbocycles. The van der Waals surface area contributed by atoms with Crippen molar-refractivity contribution in [3.05, 3.63) is 29.6 Å². The minimum atomic E-state index is 0.326. The molecule has 0 amide bonds. The summed E-state index contributed by atoms with van der Waals surface area (Å²) in [6.45, 7) is 2.97. The molecule has 0 radical (unpaired) electrons. The SMILES string of the molecule is CC1OCCC1SCc1cccnc1C#N. The number of thioether (sulfide) groups is 1. The molecule has 2 rings (SSSR count). The van der Waals surface area contributed by atoms with Crippen molar-refractivity contribution >= 4 is 11.8 Å². The van der Waals surface area contributed by atoms with Crippen molar-refractivity contribution in [2.24, 2.45) is 0 Å². The Kier molecular flexibility index (Phi) is 3.81. The van der Waals surface area contributed by atoms with Crippen LogP contribution in [-0.4, -0.2) is 22.9 Å². The first kappa shape index (κ1) is 11.4. The lowest BCUT2D eigenvalue weighted by molar-refractivity contribution is 0.127. The minimum absolute atomic E-state index is 0.326. The third-order valence-corrected chi connectivity index (χ3v) is 4.28. The molecule has 0 aromatic carbocycles. The summed E-state index contributed by atoms with van der Waals surface area (Å²) in [6, 6.07) is 5.98. The van der Waals surface area contributed by atoms with Crippen molar-refractivity contribution in [1.29, 1.82) is 5.26 Å². The molecule has 84 valence electrons. The Balaban J connectivity index is 1.97. The molecule has 1 aliphatic rings. The Bertz CT molecular complexity index is 402. The maximum atomic E-state index is 8.92. The van der Waals surface area contributed by atoms with E-state index in [9.17, 15) is 0 Å². The Morgan fingerprint density at radius 1 is 1.69 bits per heavy atom. The van der Waals surface area contributed by atoms with Gasteiger partial charge in [0.1, 0.15) is 11.8 Å². The molecule has 2 atom stereocenters. The van der Waals surface area contributed by atoms with Gasteiger partial charge in [0.2, 0.25) is 0 Å². The van der Waals surface area contributed by atoms with Gasteiger partial charge in [0, 0.05) is 23.8 Å². The molecular formula is C12H14N2OS. The van der Waals surface area contributed by atoms with E-state index in [-0.39, 0.29) is 0 Å². The molecule has 0 N–H and O–H groups in total. The zero-order valence-electron chi connectivity index (χ0n) is 9.22. The van der Waals surface area contributed by atoms with E-state index in [1.54, 1.807) is 6.20 Å². The van der Waals surface area contributed by atoms with E-state index in [1.807, 2.05) is 23.9 Å². The van der Waals surface area contributed by atoms with Crippen LogP contribution in [0.1, 0.15) is 24.6 Å². The maximum Gasteiger partial charge on any atom is 0.144 e. The third kappa shape index (κ3) is 2.55. The smallest absolute Gasteiger partial charge is 0.144 e. The number of pyridine rings is 1. The summed E-state index contributed by atoms with van der Waals surface area (Å²) in [6.07, 6.45) is 3.09. The second-order valence-corrected chi connectivity index (χ2v) is 5.06. The van der Waals surface area contributed by atoms with E-state index in [1.165, 1.54) is 0 Å². The topological polar surface area (TPSA) is 45.9 Å². The third-order valence-electron chi connectivity index (χ3n) is 2.76. The number of hydrogen-bond acceptors (Lipinski definition) is 4.